The number of rotatable bonds is 9. The minimum absolute atomic E-state index is 0.134. The van der Waals surface area contributed by atoms with Gasteiger partial charge >= 0.3 is 0 Å². The van der Waals surface area contributed by atoms with E-state index in [0.29, 0.717) is 43.9 Å². The zero-order chi connectivity index (χ0) is 19.6. The molecule has 0 atom stereocenters. The molecule has 1 fully saturated rings. The van der Waals surface area contributed by atoms with Gasteiger partial charge < -0.3 is 19.7 Å². The van der Waals surface area contributed by atoms with Crippen molar-refractivity contribution in [2.24, 2.45) is 0 Å². The number of hydrogen-bond acceptors (Lipinski definition) is 4. The second-order valence-corrected chi connectivity index (χ2v) is 7.02. The third-order valence-electron chi connectivity index (χ3n) is 5.05. The van der Waals surface area contributed by atoms with Gasteiger partial charge in [0.25, 0.3) is 0 Å². The van der Waals surface area contributed by atoms with Gasteiger partial charge in [-0.15, -0.1) is 0 Å². The minimum Gasteiger partial charge on any atom is -0.493 e. The maximum absolute atomic E-state index is 12.5. The summed E-state index contributed by atoms with van der Waals surface area (Å²) in [6.45, 7) is 3.51. The molecular formula is C21H32N2O4. The van der Waals surface area contributed by atoms with Gasteiger partial charge in [0.1, 0.15) is 0 Å². The third-order valence-corrected chi connectivity index (χ3v) is 5.05. The van der Waals surface area contributed by atoms with Crippen molar-refractivity contribution in [1.29, 1.82) is 0 Å². The Bertz CT molecular complexity index is 625. The Morgan fingerprint density at radius 2 is 1.81 bits per heavy atom. The molecule has 6 nitrogen and oxygen atoms in total. The highest BCUT2D eigenvalue weighted by Gasteiger charge is 2.23. The van der Waals surface area contributed by atoms with Crippen LogP contribution < -0.4 is 14.8 Å². The molecule has 27 heavy (non-hydrogen) atoms. The molecule has 0 aromatic heterocycles. The molecule has 0 aliphatic carbocycles. The summed E-state index contributed by atoms with van der Waals surface area (Å²) in [6.07, 6.45) is 5.37. The predicted octanol–water partition coefficient (Wildman–Crippen LogP) is 2.93. The second-order valence-electron chi connectivity index (χ2n) is 7.02. The Balaban J connectivity index is 1.75. The molecule has 0 radical (unpaired) electrons. The highest BCUT2D eigenvalue weighted by molar-refractivity contribution is 5.77. The molecule has 1 aliphatic heterocycles. The summed E-state index contributed by atoms with van der Waals surface area (Å²) in [4.78, 5) is 26.2. The third kappa shape index (κ3) is 6.45. The topological polar surface area (TPSA) is 67.9 Å². The Hall–Kier alpha value is -2.24. The number of nitrogens with zero attached hydrogens (tertiary/aromatic N) is 1. The van der Waals surface area contributed by atoms with Crippen LogP contribution in [-0.2, 0) is 16.0 Å². The Labute approximate surface area is 162 Å². The number of benzene rings is 1. The van der Waals surface area contributed by atoms with Crippen LogP contribution in [-0.4, -0.2) is 50.1 Å². The predicted molar refractivity (Wildman–Crippen MR) is 105 cm³/mol. The summed E-state index contributed by atoms with van der Waals surface area (Å²) >= 11 is 0. The summed E-state index contributed by atoms with van der Waals surface area (Å²) < 4.78 is 10.6. The van der Waals surface area contributed by atoms with Crippen LogP contribution in [0, 0.1) is 0 Å². The van der Waals surface area contributed by atoms with Crippen LogP contribution in [0.25, 0.3) is 0 Å². The smallest absolute Gasteiger partial charge is 0.222 e. The van der Waals surface area contributed by atoms with E-state index in [9.17, 15) is 9.59 Å². The molecular weight excluding hydrogens is 344 g/mol. The van der Waals surface area contributed by atoms with Crippen molar-refractivity contribution >= 4 is 11.8 Å². The van der Waals surface area contributed by atoms with E-state index in [2.05, 4.69) is 12.2 Å². The number of likely N-dealkylation sites (tertiary alicyclic amines) is 1. The summed E-state index contributed by atoms with van der Waals surface area (Å²) in [5.41, 5.74) is 1.05. The molecule has 1 heterocycles. The monoisotopic (exact) mass is 376 g/mol. The molecule has 6 heteroatoms. The van der Waals surface area contributed by atoms with Gasteiger partial charge in [0.2, 0.25) is 11.8 Å². The van der Waals surface area contributed by atoms with E-state index in [4.69, 9.17) is 9.47 Å². The van der Waals surface area contributed by atoms with Crippen molar-refractivity contribution in [2.45, 2.75) is 57.9 Å². The lowest BCUT2D eigenvalue weighted by Gasteiger charge is -2.32. The normalized spacial score (nSPS) is 14.7. The van der Waals surface area contributed by atoms with E-state index in [0.717, 1.165) is 31.2 Å². The first kappa shape index (κ1) is 21.1. The highest BCUT2D eigenvalue weighted by Crippen LogP contribution is 2.28. The van der Waals surface area contributed by atoms with Crippen LogP contribution in [0.3, 0.4) is 0 Å². The number of methoxy groups -OCH3 is 2. The fourth-order valence-electron chi connectivity index (χ4n) is 3.36. The van der Waals surface area contributed by atoms with Crippen molar-refractivity contribution in [3.8, 4) is 11.5 Å². The zero-order valence-electron chi connectivity index (χ0n) is 16.8. The van der Waals surface area contributed by atoms with Crippen LogP contribution in [0.2, 0.25) is 0 Å². The van der Waals surface area contributed by atoms with Crippen molar-refractivity contribution in [2.75, 3.05) is 27.3 Å². The number of ether oxygens (including phenoxy) is 2. The van der Waals surface area contributed by atoms with Gasteiger partial charge in [-0.3, -0.25) is 9.59 Å². The van der Waals surface area contributed by atoms with E-state index in [-0.39, 0.29) is 17.9 Å². The van der Waals surface area contributed by atoms with Gasteiger partial charge in [-0.1, -0.05) is 19.4 Å². The number of carbonyl (C=O) groups is 2. The summed E-state index contributed by atoms with van der Waals surface area (Å²) in [7, 11) is 3.22. The molecule has 0 spiro atoms. The number of carbonyl (C=O) groups excluding carboxylic acids is 2. The average molecular weight is 376 g/mol. The Morgan fingerprint density at radius 1 is 1.11 bits per heavy atom. The lowest BCUT2D eigenvalue weighted by atomic mass is 10.0. The number of nitrogens with one attached hydrogen (secondary N) is 1. The first-order valence-corrected chi connectivity index (χ1v) is 9.85. The fraction of sp³-hybridized carbons (Fsp3) is 0.619. The number of aryl methyl sites for hydroxylation is 1. The summed E-state index contributed by atoms with van der Waals surface area (Å²) in [5, 5.41) is 3.09. The molecule has 1 saturated heterocycles. The fourth-order valence-corrected chi connectivity index (χ4v) is 3.36. The van der Waals surface area contributed by atoms with Crippen molar-refractivity contribution in [3.05, 3.63) is 23.8 Å². The van der Waals surface area contributed by atoms with Crippen LogP contribution >= 0.6 is 0 Å². The molecule has 1 aromatic carbocycles. The van der Waals surface area contributed by atoms with E-state index in [1.54, 1.807) is 14.2 Å². The van der Waals surface area contributed by atoms with E-state index < -0.39 is 0 Å². The van der Waals surface area contributed by atoms with Gasteiger partial charge in [0.15, 0.2) is 11.5 Å². The second kappa shape index (κ2) is 10.8. The molecule has 2 amide bonds. The van der Waals surface area contributed by atoms with Crippen LogP contribution in [0.1, 0.15) is 51.0 Å². The molecule has 0 bridgehead atoms. The minimum atomic E-state index is 0.134. The maximum Gasteiger partial charge on any atom is 0.222 e. The lowest BCUT2D eigenvalue weighted by Crippen LogP contribution is -2.46. The first-order chi connectivity index (χ1) is 13.1. The summed E-state index contributed by atoms with van der Waals surface area (Å²) in [5.74, 6) is 1.67. The van der Waals surface area contributed by atoms with Gasteiger partial charge in [0.05, 0.1) is 14.2 Å². The molecule has 1 aromatic rings. The number of piperidine rings is 1. The number of amides is 2. The summed E-state index contributed by atoms with van der Waals surface area (Å²) in [6, 6.07) is 5.95. The molecule has 1 aliphatic rings. The molecule has 150 valence electrons. The Morgan fingerprint density at radius 3 is 2.44 bits per heavy atom. The van der Waals surface area contributed by atoms with Gasteiger partial charge in [-0.25, -0.2) is 0 Å². The average Bonchev–Trinajstić information content (AvgIpc) is 2.70. The highest BCUT2D eigenvalue weighted by atomic mass is 16.5. The number of hydrogen-bond donors (Lipinski definition) is 1. The SMILES string of the molecule is CCCCC(=O)NC1CCN(C(=O)CCc2ccc(OC)c(OC)c2)CC1. The van der Waals surface area contributed by atoms with Crippen LogP contribution in [0.15, 0.2) is 18.2 Å². The van der Waals surface area contributed by atoms with Crippen molar-refractivity contribution in [3.63, 3.8) is 0 Å². The van der Waals surface area contributed by atoms with Gasteiger partial charge in [-0.05, 0) is 43.4 Å². The number of unbranched alkanes of at least 4 members (excludes halogenated alkanes) is 1. The van der Waals surface area contributed by atoms with E-state index in [1.807, 2.05) is 23.1 Å². The molecule has 1 N–H and O–H groups in total. The quantitative estimate of drug-likeness (QED) is 0.720. The molecule has 0 saturated carbocycles. The van der Waals surface area contributed by atoms with Gasteiger partial charge in [-0.2, -0.15) is 0 Å². The van der Waals surface area contributed by atoms with E-state index in [1.165, 1.54) is 0 Å². The zero-order valence-corrected chi connectivity index (χ0v) is 16.8. The van der Waals surface area contributed by atoms with Crippen LogP contribution in [0.4, 0.5) is 0 Å². The standard InChI is InChI=1S/C21H32N2O4/c1-4-5-6-20(24)22-17-11-13-23(14-12-17)21(25)10-8-16-7-9-18(26-2)19(15-16)27-3/h7,9,15,17H,4-6,8,10-14H2,1-3H3,(H,22,24). The lowest BCUT2D eigenvalue weighted by molar-refractivity contribution is -0.132. The van der Waals surface area contributed by atoms with E-state index >= 15 is 0 Å². The van der Waals surface area contributed by atoms with Gasteiger partial charge in [0, 0.05) is 32.0 Å². The van der Waals surface area contributed by atoms with Crippen molar-refractivity contribution < 1.29 is 19.1 Å². The van der Waals surface area contributed by atoms with Crippen LogP contribution in [0.5, 0.6) is 11.5 Å². The first-order valence-electron chi connectivity index (χ1n) is 9.85. The van der Waals surface area contributed by atoms with Crippen molar-refractivity contribution in [1.82, 2.24) is 10.2 Å². The molecule has 2 rings (SSSR count). The molecule has 0 unspecified atom stereocenters. The largest absolute Gasteiger partial charge is 0.493 e. The maximum atomic E-state index is 12.5. The Kier molecular flexibility index (Phi) is 8.43.